The molecule has 4 N–H and O–H groups in total. The van der Waals surface area contributed by atoms with Gasteiger partial charge in [0.1, 0.15) is 30.3 Å². The highest BCUT2D eigenvalue weighted by Crippen LogP contribution is 2.58. The second-order valence-electron chi connectivity index (χ2n) is 16.2. The second-order valence-corrected chi connectivity index (χ2v) is 16.2. The number of H-pyrrole nitrogens is 2. The minimum absolute atomic E-state index is 0.112. The number of alkyl carbamates (subject to hydrolysis) is 2. The summed E-state index contributed by atoms with van der Waals surface area (Å²) in [5.41, 5.74) is 5.75. The van der Waals surface area contributed by atoms with Crippen LogP contribution in [0, 0.1) is 22.7 Å². The van der Waals surface area contributed by atoms with Crippen LogP contribution in [0.4, 0.5) is 9.59 Å². The molecule has 15 heteroatoms. The maximum absolute atomic E-state index is 13.9. The summed E-state index contributed by atoms with van der Waals surface area (Å²) >= 11 is 0. The van der Waals surface area contributed by atoms with Crippen molar-refractivity contribution in [3.8, 4) is 39.7 Å². The van der Waals surface area contributed by atoms with Gasteiger partial charge in [0, 0.05) is 12.1 Å². The first-order valence-corrected chi connectivity index (χ1v) is 20.3. The first kappa shape index (κ1) is 41.5. The molecule has 1 saturated carbocycles. The van der Waals surface area contributed by atoms with Crippen molar-refractivity contribution in [3.63, 3.8) is 0 Å². The number of rotatable bonds is 13. The molecule has 4 amide bonds. The number of amides is 4. The molecule has 2 fully saturated rings. The molecule has 7 rings (SSSR count). The average molecular weight is 814 g/mol. The van der Waals surface area contributed by atoms with E-state index in [2.05, 4.69) is 91.0 Å². The van der Waals surface area contributed by atoms with Gasteiger partial charge in [-0.2, -0.15) is 5.26 Å². The number of imidazole rings is 2. The van der Waals surface area contributed by atoms with E-state index in [9.17, 15) is 24.4 Å². The van der Waals surface area contributed by atoms with Crippen molar-refractivity contribution < 1.29 is 28.7 Å². The van der Waals surface area contributed by atoms with E-state index >= 15 is 0 Å². The van der Waals surface area contributed by atoms with Gasteiger partial charge in [-0.25, -0.2) is 19.6 Å². The van der Waals surface area contributed by atoms with Crippen LogP contribution in [-0.2, 0) is 19.1 Å². The fourth-order valence-corrected chi connectivity index (χ4v) is 8.10. The zero-order valence-corrected chi connectivity index (χ0v) is 34.7. The number of nitrogens with zero attached hydrogens (tertiary/aromatic N) is 5. The standard InChI is InChI=1S/C45H51N9O6/c1-7-34(51-43(57)59-5)41(55)53(19-18-46)27(4)39-47-24-36(49-39)33-15-14-31-20-30(12-13-32(31)21-33)28-8-10-29(11-9-28)35-23-48-40(50-35)37-22-45(16-17-45)25-54(37)42(56)38(26(2)3)52-44(58)60-6/h8-15,20-21,23-24,26-27,34,37-38H,7,16-17,19,22,25H2,1-6H3,(H,47,49)(H,48,50)(H,51,57)(H,52,58)/t27-,34-,37-,38-/m0/s1. The molecule has 0 radical (unpaired) electrons. The molecular formula is C45H51N9O6. The van der Waals surface area contributed by atoms with E-state index in [0.29, 0.717) is 18.8 Å². The third kappa shape index (κ3) is 8.54. The molecule has 15 nitrogen and oxygen atoms in total. The average Bonchev–Trinajstić information content (AvgIpc) is 3.60. The van der Waals surface area contributed by atoms with Gasteiger partial charge in [0.25, 0.3) is 0 Å². The van der Waals surface area contributed by atoms with E-state index in [1.54, 1.807) is 20.0 Å². The number of aromatic amines is 2. The van der Waals surface area contributed by atoms with Crippen LogP contribution in [0.1, 0.15) is 77.1 Å². The third-order valence-corrected chi connectivity index (χ3v) is 11.9. The number of benzene rings is 3. The molecule has 0 bridgehead atoms. The topological polar surface area (TPSA) is 198 Å². The molecular weight excluding hydrogens is 763 g/mol. The highest BCUT2D eigenvalue weighted by molar-refractivity contribution is 5.91. The van der Waals surface area contributed by atoms with E-state index < -0.39 is 36.2 Å². The van der Waals surface area contributed by atoms with Crippen LogP contribution >= 0.6 is 0 Å². The summed E-state index contributed by atoms with van der Waals surface area (Å²) in [5, 5.41) is 16.9. The minimum atomic E-state index is -0.845. The fourth-order valence-electron chi connectivity index (χ4n) is 8.10. The molecule has 1 aliphatic heterocycles. The molecule has 0 unspecified atom stereocenters. The summed E-state index contributed by atoms with van der Waals surface area (Å²) in [4.78, 5) is 70.6. The van der Waals surface area contributed by atoms with E-state index in [4.69, 9.17) is 9.72 Å². The lowest BCUT2D eigenvalue weighted by Gasteiger charge is -2.30. The number of carbonyl (C=O) groups excluding carboxylic acids is 4. The molecule has 1 saturated heterocycles. The van der Waals surface area contributed by atoms with Crippen molar-refractivity contribution >= 4 is 34.8 Å². The number of likely N-dealkylation sites (tertiary alicyclic amines) is 1. The lowest BCUT2D eigenvalue weighted by Crippen LogP contribution is -2.51. The largest absolute Gasteiger partial charge is 0.453 e. The zero-order chi connectivity index (χ0) is 42.7. The lowest BCUT2D eigenvalue weighted by molar-refractivity contribution is -0.136. The van der Waals surface area contributed by atoms with Crippen molar-refractivity contribution in [3.05, 3.63) is 84.7 Å². The lowest BCUT2D eigenvalue weighted by atomic mass is 9.98. The van der Waals surface area contributed by atoms with E-state index in [1.807, 2.05) is 31.0 Å². The van der Waals surface area contributed by atoms with Crippen LogP contribution in [0.2, 0.25) is 0 Å². The van der Waals surface area contributed by atoms with Gasteiger partial charge in [0.2, 0.25) is 11.8 Å². The Morgan fingerprint density at radius 2 is 1.47 bits per heavy atom. The number of aromatic nitrogens is 4. The van der Waals surface area contributed by atoms with E-state index in [1.165, 1.54) is 19.1 Å². The van der Waals surface area contributed by atoms with Crippen LogP contribution in [0.3, 0.4) is 0 Å². The van der Waals surface area contributed by atoms with Gasteiger partial charge in [0.15, 0.2) is 0 Å². The Bertz CT molecular complexity index is 2430. The fraction of sp³-hybridized carbons (Fsp3) is 0.400. The SMILES string of the molecule is CC[C@H](NC(=O)OC)C(=O)N(CC#N)[C@@H](C)c1ncc(-c2ccc3cc(-c4ccc(-c5cnc([C@@H]6CC7(CC7)CN6C(=O)[C@@H](NC(=O)OC)C(C)C)[nH]5)cc4)ccc3c2)[nH]1. The number of fused-ring (bicyclic) bond motifs is 1. The summed E-state index contributed by atoms with van der Waals surface area (Å²) < 4.78 is 9.48. The molecule has 2 aliphatic rings. The first-order valence-electron chi connectivity index (χ1n) is 20.3. The summed E-state index contributed by atoms with van der Waals surface area (Å²) in [6, 6.07) is 20.5. The number of hydrogen-bond acceptors (Lipinski definition) is 9. The minimum Gasteiger partial charge on any atom is -0.453 e. The number of ether oxygens (including phenoxy) is 2. The normalized spacial score (nSPS) is 16.8. The van der Waals surface area contributed by atoms with E-state index in [0.717, 1.165) is 69.5 Å². The molecule has 1 aliphatic carbocycles. The maximum atomic E-state index is 13.9. The first-order chi connectivity index (χ1) is 28.9. The van der Waals surface area contributed by atoms with E-state index in [-0.39, 0.29) is 29.8 Å². The van der Waals surface area contributed by atoms with Crippen molar-refractivity contribution in [2.45, 2.75) is 77.5 Å². The Balaban J connectivity index is 1.04. The number of nitriles is 1. The van der Waals surface area contributed by atoms with Gasteiger partial charge in [-0.3, -0.25) is 9.59 Å². The summed E-state index contributed by atoms with van der Waals surface area (Å²) in [6.07, 6.45) is 5.51. The zero-order valence-electron chi connectivity index (χ0n) is 34.7. The highest BCUT2D eigenvalue weighted by Gasteiger charge is 2.55. The van der Waals surface area contributed by atoms with Crippen LogP contribution in [0.25, 0.3) is 44.4 Å². The molecule has 2 aromatic heterocycles. The van der Waals surface area contributed by atoms with Crippen LogP contribution in [0.15, 0.2) is 73.1 Å². The van der Waals surface area contributed by atoms with Gasteiger partial charge in [0.05, 0.1) is 56.2 Å². The van der Waals surface area contributed by atoms with Crippen molar-refractivity contribution in [2.75, 3.05) is 27.3 Å². The van der Waals surface area contributed by atoms with Crippen LogP contribution in [0.5, 0.6) is 0 Å². The van der Waals surface area contributed by atoms with Crippen LogP contribution < -0.4 is 10.6 Å². The van der Waals surface area contributed by atoms with Crippen molar-refractivity contribution in [2.24, 2.45) is 11.3 Å². The quantitative estimate of drug-likeness (QED) is 0.0884. The number of nitrogens with one attached hydrogen (secondary N) is 4. The Morgan fingerprint density at radius 3 is 2.10 bits per heavy atom. The van der Waals surface area contributed by atoms with Gasteiger partial charge in [-0.15, -0.1) is 0 Å². The summed E-state index contributed by atoms with van der Waals surface area (Å²) in [6.45, 7) is 7.86. The second kappa shape index (κ2) is 17.3. The molecule has 3 heterocycles. The maximum Gasteiger partial charge on any atom is 0.407 e. The molecule has 5 aromatic rings. The van der Waals surface area contributed by atoms with Crippen molar-refractivity contribution in [1.82, 2.24) is 40.4 Å². The predicted octanol–water partition coefficient (Wildman–Crippen LogP) is 7.27. The number of carbonyl (C=O) groups is 4. The van der Waals surface area contributed by atoms with Crippen molar-refractivity contribution in [1.29, 1.82) is 5.26 Å². The highest BCUT2D eigenvalue weighted by atomic mass is 16.5. The molecule has 312 valence electrons. The summed E-state index contributed by atoms with van der Waals surface area (Å²) in [7, 11) is 2.53. The third-order valence-electron chi connectivity index (χ3n) is 11.9. The molecule has 3 aromatic carbocycles. The van der Waals surface area contributed by atoms with Crippen LogP contribution in [-0.4, -0.2) is 93.1 Å². The Morgan fingerprint density at radius 1 is 0.867 bits per heavy atom. The van der Waals surface area contributed by atoms with Gasteiger partial charge in [-0.1, -0.05) is 69.3 Å². The monoisotopic (exact) mass is 813 g/mol. The van der Waals surface area contributed by atoms with Gasteiger partial charge in [-0.05, 0) is 83.5 Å². The Labute approximate surface area is 348 Å². The number of hydrogen-bond donors (Lipinski definition) is 4. The predicted molar refractivity (Wildman–Crippen MR) is 225 cm³/mol. The molecule has 1 spiro atoms. The Kier molecular flexibility index (Phi) is 11.9. The molecule has 4 atom stereocenters. The van der Waals surface area contributed by atoms with Gasteiger partial charge < -0.3 is 39.9 Å². The Hall–Kier alpha value is -6.69. The molecule has 60 heavy (non-hydrogen) atoms. The summed E-state index contributed by atoms with van der Waals surface area (Å²) in [5.74, 6) is 0.623. The smallest absolute Gasteiger partial charge is 0.407 e. The number of methoxy groups -OCH3 is 2. The van der Waals surface area contributed by atoms with Gasteiger partial charge >= 0.3 is 12.2 Å².